The van der Waals surface area contributed by atoms with Crippen LogP contribution >= 0.6 is 0 Å². The number of aromatic nitrogens is 1. The zero-order valence-electron chi connectivity index (χ0n) is 13.0. The fourth-order valence-electron chi connectivity index (χ4n) is 2.90. The zero-order chi connectivity index (χ0) is 16.1. The molecule has 3 rings (SSSR count). The van der Waals surface area contributed by atoms with Gasteiger partial charge in [-0.15, -0.1) is 0 Å². The predicted molar refractivity (Wildman–Crippen MR) is 89.0 cm³/mol. The van der Waals surface area contributed by atoms with Gasteiger partial charge >= 0.3 is 0 Å². The van der Waals surface area contributed by atoms with Crippen molar-refractivity contribution >= 4 is 5.82 Å². The molecular formula is C18H20N4O. The second-order valence-electron chi connectivity index (χ2n) is 5.70. The van der Waals surface area contributed by atoms with E-state index in [1.807, 2.05) is 30.3 Å². The molecule has 1 atom stereocenters. The third-order valence-corrected chi connectivity index (χ3v) is 4.19. The smallest absolute Gasteiger partial charge is 0.146 e. The van der Waals surface area contributed by atoms with Crippen molar-refractivity contribution in [3.05, 3.63) is 59.8 Å². The summed E-state index contributed by atoms with van der Waals surface area (Å²) in [6, 6.07) is 15.5. The van der Waals surface area contributed by atoms with Crippen LogP contribution in [0.1, 0.15) is 17.2 Å². The Hall–Kier alpha value is -2.42. The maximum absolute atomic E-state index is 10.3. The normalized spacial score (nSPS) is 16.8. The van der Waals surface area contributed by atoms with E-state index >= 15 is 0 Å². The molecule has 1 aliphatic heterocycles. The molecule has 0 bridgehead atoms. The Bertz CT molecular complexity index is 675. The van der Waals surface area contributed by atoms with E-state index in [9.17, 15) is 10.4 Å². The number of anilines is 1. The SMILES string of the molecule is N#Cc1cccnc1N1CCN(CC(O)c2ccccc2)CC1. The highest BCUT2D eigenvalue weighted by Crippen LogP contribution is 2.19. The molecule has 1 aliphatic rings. The molecule has 23 heavy (non-hydrogen) atoms. The maximum atomic E-state index is 10.3. The Morgan fingerprint density at radius 3 is 2.52 bits per heavy atom. The van der Waals surface area contributed by atoms with Gasteiger partial charge in [0.1, 0.15) is 11.9 Å². The lowest BCUT2D eigenvalue weighted by atomic mass is 10.1. The van der Waals surface area contributed by atoms with Crippen molar-refractivity contribution in [1.82, 2.24) is 9.88 Å². The minimum absolute atomic E-state index is 0.465. The molecule has 1 saturated heterocycles. The van der Waals surface area contributed by atoms with Crippen LogP contribution in [-0.4, -0.2) is 47.7 Å². The van der Waals surface area contributed by atoms with Gasteiger partial charge in [0.05, 0.1) is 11.7 Å². The van der Waals surface area contributed by atoms with Crippen LogP contribution in [-0.2, 0) is 0 Å². The number of aliphatic hydroxyl groups excluding tert-OH is 1. The highest BCUT2D eigenvalue weighted by molar-refractivity contribution is 5.53. The number of pyridine rings is 1. The van der Waals surface area contributed by atoms with E-state index in [1.54, 1.807) is 18.3 Å². The molecular weight excluding hydrogens is 288 g/mol. The molecule has 118 valence electrons. The van der Waals surface area contributed by atoms with Crippen LogP contribution in [0.4, 0.5) is 5.82 Å². The van der Waals surface area contributed by atoms with Gasteiger partial charge in [-0.2, -0.15) is 5.26 Å². The largest absolute Gasteiger partial charge is 0.387 e. The molecule has 1 aromatic heterocycles. The average molecular weight is 308 g/mol. The number of piperazine rings is 1. The fraction of sp³-hybridized carbons (Fsp3) is 0.333. The summed E-state index contributed by atoms with van der Waals surface area (Å²) in [4.78, 5) is 8.74. The number of benzene rings is 1. The minimum atomic E-state index is -0.465. The Balaban J connectivity index is 1.58. The van der Waals surface area contributed by atoms with Crippen molar-refractivity contribution < 1.29 is 5.11 Å². The highest BCUT2D eigenvalue weighted by Gasteiger charge is 2.22. The predicted octanol–water partition coefficient (Wildman–Crippen LogP) is 1.81. The Morgan fingerprint density at radius 2 is 1.83 bits per heavy atom. The van der Waals surface area contributed by atoms with Gasteiger partial charge in [0.2, 0.25) is 0 Å². The number of β-amino-alcohol motifs (C(OH)–C–C–N with tert-alkyl or cyclic N) is 1. The number of hydrogen-bond donors (Lipinski definition) is 1. The summed E-state index contributed by atoms with van der Waals surface area (Å²) < 4.78 is 0. The first-order chi connectivity index (χ1) is 11.3. The molecule has 0 saturated carbocycles. The van der Waals surface area contributed by atoms with Crippen LogP contribution < -0.4 is 4.90 Å². The lowest BCUT2D eigenvalue weighted by molar-refractivity contribution is 0.109. The first kappa shape index (κ1) is 15.5. The van der Waals surface area contributed by atoms with Gasteiger partial charge in [-0.25, -0.2) is 4.98 Å². The van der Waals surface area contributed by atoms with Gasteiger partial charge in [0, 0.05) is 38.9 Å². The van der Waals surface area contributed by atoms with Crippen molar-refractivity contribution in [2.45, 2.75) is 6.10 Å². The van der Waals surface area contributed by atoms with Crippen molar-refractivity contribution in [3.8, 4) is 6.07 Å². The molecule has 2 aromatic rings. The zero-order valence-corrected chi connectivity index (χ0v) is 13.0. The first-order valence-electron chi connectivity index (χ1n) is 7.83. The molecule has 1 N–H and O–H groups in total. The van der Waals surface area contributed by atoms with E-state index in [2.05, 4.69) is 20.9 Å². The molecule has 1 aromatic carbocycles. The molecule has 2 heterocycles. The first-order valence-corrected chi connectivity index (χ1v) is 7.83. The summed E-state index contributed by atoms with van der Waals surface area (Å²) in [5.74, 6) is 0.762. The minimum Gasteiger partial charge on any atom is -0.387 e. The molecule has 0 radical (unpaired) electrons. The van der Waals surface area contributed by atoms with Crippen LogP contribution in [0.5, 0.6) is 0 Å². The maximum Gasteiger partial charge on any atom is 0.146 e. The monoisotopic (exact) mass is 308 g/mol. The third kappa shape index (κ3) is 3.67. The summed E-state index contributed by atoms with van der Waals surface area (Å²) in [5.41, 5.74) is 1.57. The Morgan fingerprint density at radius 1 is 1.09 bits per heavy atom. The van der Waals surface area contributed by atoms with Gasteiger partial charge in [0.15, 0.2) is 0 Å². The molecule has 0 spiro atoms. The van der Waals surface area contributed by atoms with Gasteiger partial charge in [-0.05, 0) is 17.7 Å². The molecule has 1 fully saturated rings. The molecule has 0 aliphatic carbocycles. The third-order valence-electron chi connectivity index (χ3n) is 4.19. The number of rotatable bonds is 4. The summed E-state index contributed by atoms with van der Waals surface area (Å²) in [6.45, 7) is 3.96. The van der Waals surface area contributed by atoms with Crippen molar-refractivity contribution in [1.29, 1.82) is 5.26 Å². The quantitative estimate of drug-likeness (QED) is 0.933. The Kier molecular flexibility index (Phi) is 4.86. The number of hydrogen-bond acceptors (Lipinski definition) is 5. The molecule has 5 heteroatoms. The number of nitriles is 1. The van der Waals surface area contributed by atoms with Crippen LogP contribution in [0.15, 0.2) is 48.7 Å². The van der Waals surface area contributed by atoms with Gasteiger partial charge < -0.3 is 10.0 Å². The highest BCUT2D eigenvalue weighted by atomic mass is 16.3. The van der Waals surface area contributed by atoms with Crippen LogP contribution in [0.2, 0.25) is 0 Å². The average Bonchev–Trinajstić information content (AvgIpc) is 2.63. The van der Waals surface area contributed by atoms with E-state index in [0.29, 0.717) is 12.1 Å². The van der Waals surface area contributed by atoms with Crippen molar-refractivity contribution in [2.75, 3.05) is 37.6 Å². The lowest BCUT2D eigenvalue weighted by Crippen LogP contribution is -2.48. The standard InChI is InChI=1S/C18H20N4O/c19-13-16-7-4-8-20-18(16)22-11-9-21(10-12-22)14-17(23)15-5-2-1-3-6-15/h1-8,17,23H,9-12,14H2. The van der Waals surface area contributed by atoms with Crippen LogP contribution in [0, 0.1) is 11.3 Å². The topological polar surface area (TPSA) is 63.4 Å². The van der Waals surface area contributed by atoms with Crippen LogP contribution in [0.3, 0.4) is 0 Å². The summed E-state index contributed by atoms with van der Waals surface area (Å²) in [5, 5.41) is 19.5. The van der Waals surface area contributed by atoms with E-state index < -0.39 is 6.10 Å². The van der Waals surface area contributed by atoms with E-state index in [0.717, 1.165) is 37.6 Å². The van der Waals surface area contributed by atoms with Gasteiger partial charge in [0.25, 0.3) is 0 Å². The number of nitrogens with zero attached hydrogens (tertiary/aromatic N) is 4. The summed E-state index contributed by atoms with van der Waals surface area (Å²) in [6.07, 6.45) is 1.26. The van der Waals surface area contributed by atoms with Gasteiger partial charge in [-0.1, -0.05) is 30.3 Å². The van der Waals surface area contributed by atoms with Gasteiger partial charge in [-0.3, -0.25) is 4.90 Å². The fourth-order valence-corrected chi connectivity index (χ4v) is 2.90. The van der Waals surface area contributed by atoms with E-state index in [1.165, 1.54) is 0 Å². The molecule has 5 nitrogen and oxygen atoms in total. The second-order valence-corrected chi connectivity index (χ2v) is 5.70. The summed E-state index contributed by atoms with van der Waals surface area (Å²) >= 11 is 0. The van der Waals surface area contributed by atoms with Crippen molar-refractivity contribution in [3.63, 3.8) is 0 Å². The van der Waals surface area contributed by atoms with E-state index in [-0.39, 0.29) is 0 Å². The van der Waals surface area contributed by atoms with Crippen molar-refractivity contribution in [2.24, 2.45) is 0 Å². The second kappa shape index (κ2) is 7.23. The number of aliphatic hydroxyl groups is 1. The van der Waals surface area contributed by atoms with Crippen LogP contribution in [0.25, 0.3) is 0 Å². The lowest BCUT2D eigenvalue weighted by Gasteiger charge is -2.36. The summed E-state index contributed by atoms with van der Waals surface area (Å²) in [7, 11) is 0. The molecule has 1 unspecified atom stereocenters. The van der Waals surface area contributed by atoms with E-state index in [4.69, 9.17) is 0 Å². The molecule has 0 amide bonds. The Labute approximate surface area is 136 Å².